The van der Waals surface area contributed by atoms with E-state index in [2.05, 4.69) is 53.4 Å². The highest BCUT2D eigenvalue weighted by Gasteiger charge is 2.18. The molecule has 0 spiro atoms. The van der Waals surface area contributed by atoms with E-state index in [9.17, 15) is 0 Å². The van der Waals surface area contributed by atoms with Crippen LogP contribution in [-0.2, 0) is 19.4 Å². The van der Waals surface area contributed by atoms with Gasteiger partial charge in [-0.1, -0.05) is 42.5 Å². The van der Waals surface area contributed by atoms with Crippen molar-refractivity contribution in [2.75, 3.05) is 20.2 Å². The lowest BCUT2D eigenvalue weighted by Crippen LogP contribution is -2.31. The SMILES string of the molecule is COc1cccc2c1CCC/C2=C\CCN1CCc2ccccc2C1. The topological polar surface area (TPSA) is 12.5 Å². The second-order valence-electron chi connectivity index (χ2n) is 7.15. The number of hydrogen-bond acceptors (Lipinski definition) is 2. The van der Waals surface area contributed by atoms with Crippen LogP contribution in [0.5, 0.6) is 5.75 Å². The highest BCUT2D eigenvalue weighted by atomic mass is 16.5. The number of benzene rings is 2. The molecule has 0 saturated heterocycles. The van der Waals surface area contributed by atoms with Crippen LogP contribution >= 0.6 is 0 Å². The van der Waals surface area contributed by atoms with Gasteiger partial charge in [-0.25, -0.2) is 0 Å². The van der Waals surface area contributed by atoms with Crippen LogP contribution in [0.3, 0.4) is 0 Å². The molecule has 2 aromatic carbocycles. The van der Waals surface area contributed by atoms with Crippen molar-refractivity contribution < 1.29 is 4.74 Å². The normalized spacial score (nSPS) is 18.7. The summed E-state index contributed by atoms with van der Waals surface area (Å²) in [5, 5.41) is 0. The van der Waals surface area contributed by atoms with E-state index in [1.807, 2.05) is 0 Å². The number of fused-ring (bicyclic) bond motifs is 2. The first-order valence-corrected chi connectivity index (χ1v) is 9.49. The van der Waals surface area contributed by atoms with Crippen LogP contribution < -0.4 is 4.74 Å². The largest absolute Gasteiger partial charge is 0.496 e. The molecule has 0 amide bonds. The Morgan fingerprint density at radius 1 is 1.00 bits per heavy atom. The highest BCUT2D eigenvalue weighted by Crippen LogP contribution is 2.36. The number of rotatable bonds is 4. The number of allylic oxidation sites excluding steroid dienone is 1. The maximum absolute atomic E-state index is 5.56. The third-order valence-corrected chi connectivity index (χ3v) is 5.62. The van der Waals surface area contributed by atoms with Crippen molar-refractivity contribution >= 4 is 5.57 Å². The average Bonchev–Trinajstić information content (AvgIpc) is 2.67. The Balaban J connectivity index is 1.42. The second-order valence-corrected chi connectivity index (χ2v) is 7.15. The molecule has 0 unspecified atom stereocenters. The zero-order valence-electron chi connectivity index (χ0n) is 15.1. The molecule has 25 heavy (non-hydrogen) atoms. The van der Waals surface area contributed by atoms with Gasteiger partial charge in [-0.05, 0) is 60.4 Å². The molecule has 0 atom stereocenters. The molecular weight excluding hydrogens is 306 g/mol. The molecule has 0 aromatic heterocycles. The minimum atomic E-state index is 1.05. The summed E-state index contributed by atoms with van der Waals surface area (Å²) in [7, 11) is 1.78. The van der Waals surface area contributed by atoms with Crippen LogP contribution in [-0.4, -0.2) is 25.1 Å². The molecule has 2 aliphatic rings. The number of methoxy groups -OCH3 is 1. The number of ether oxygens (including phenoxy) is 1. The van der Waals surface area contributed by atoms with Crippen molar-refractivity contribution in [3.05, 3.63) is 70.8 Å². The smallest absolute Gasteiger partial charge is 0.122 e. The molecular formula is C23H27NO. The summed E-state index contributed by atoms with van der Waals surface area (Å²) < 4.78 is 5.56. The molecule has 0 radical (unpaired) electrons. The third-order valence-electron chi connectivity index (χ3n) is 5.62. The van der Waals surface area contributed by atoms with Crippen molar-refractivity contribution in [1.82, 2.24) is 4.90 Å². The summed E-state index contributed by atoms with van der Waals surface area (Å²) in [6.07, 6.45) is 8.36. The Hall–Kier alpha value is -2.06. The molecule has 4 rings (SSSR count). The second kappa shape index (κ2) is 7.45. The zero-order valence-corrected chi connectivity index (χ0v) is 15.1. The van der Waals surface area contributed by atoms with Gasteiger partial charge in [-0.3, -0.25) is 4.90 Å². The Bertz CT molecular complexity index is 777. The lowest BCUT2D eigenvalue weighted by molar-refractivity contribution is 0.259. The summed E-state index contributed by atoms with van der Waals surface area (Å²) in [6.45, 7) is 3.44. The monoisotopic (exact) mass is 333 g/mol. The molecule has 0 fully saturated rings. The van der Waals surface area contributed by atoms with E-state index in [-0.39, 0.29) is 0 Å². The predicted molar refractivity (Wildman–Crippen MR) is 104 cm³/mol. The van der Waals surface area contributed by atoms with E-state index in [0.29, 0.717) is 0 Å². The molecule has 1 aliphatic heterocycles. The third kappa shape index (κ3) is 3.50. The lowest BCUT2D eigenvalue weighted by atomic mass is 9.86. The van der Waals surface area contributed by atoms with E-state index < -0.39 is 0 Å². The molecule has 2 nitrogen and oxygen atoms in total. The maximum atomic E-state index is 5.56. The fourth-order valence-electron chi connectivity index (χ4n) is 4.28. The van der Waals surface area contributed by atoms with Gasteiger partial charge in [-0.15, -0.1) is 0 Å². The number of hydrogen-bond donors (Lipinski definition) is 0. The van der Waals surface area contributed by atoms with Crippen molar-refractivity contribution in [3.8, 4) is 5.75 Å². The maximum Gasteiger partial charge on any atom is 0.122 e. The zero-order chi connectivity index (χ0) is 17.1. The molecule has 1 heterocycles. The van der Waals surface area contributed by atoms with Gasteiger partial charge in [0.15, 0.2) is 0 Å². The quantitative estimate of drug-likeness (QED) is 0.792. The van der Waals surface area contributed by atoms with Gasteiger partial charge in [0.1, 0.15) is 5.75 Å². The minimum absolute atomic E-state index is 1.05. The van der Waals surface area contributed by atoms with Crippen molar-refractivity contribution in [2.24, 2.45) is 0 Å². The fourth-order valence-corrected chi connectivity index (χ4v) is 4.28. The minimum Gasteiger partial charge on any atom is -0.496 e. The summed E-state index contributed by atoms with van der Waals surface area (Å²) in [4.78, 5) is 2.59. The van der Waals surface area contributed by atoms with Gasteiger partial charge < -0.3 is 4.74 Å². The molecule has 1 aliphatic carbocycles. The lowest BCUT2D eigenvalue weighted by Gasteiger charge is -2.28. The Morgan fingerprint density at radius 2 is 1.88 bits per heavy atom. The standard InChI is InChI=1S/C23H27NO/c1-25-23-13-5-11-21-19(9-4-12-22(21)23)10-6-15-24-16-14-18-7-2-3-8-20(18)17-24/h2-3,5,7-8,10-11,13H,4,6,9,12,14-17H2,1H3/b19-10+. The van der Waals surface area contributed by atoms with Crippen LogP contribution in [0, 0.1) is 0 Å². The summed E-state index contributed by atoms with van der Waals surface area (Å²) in [5.41, 5.74) is 7.36. The first-order chi connectivity index (χ1) is 12.3. The Morgan fingerprint density at radius 3 is 2.76 bits per heavy atom. The average molecular weight is 333 g/mol. The van der Waals surface area contributed by atoms with Crippen LogP contribution in [0.25, 0.3) is 5.57 Å². The van der Waals surface area contributed by atoms with Gasteiger partial charge in [0, 0.05) is 25.2 Å². The highest BCUT2D eigenvalue weighted by molar-refractivity contribution is 5.72. The van der Waals surface area contributed by atoms with Gasteiger partial charge in [0.05, 0.1) is 7.11 Å². The van der Waals surface area contributed by atoms with Crippen LogP contribution in [0.15, 0.2) is 48.5 Å². The molecule has 0 bridgehead atoms. The molecule has 0 N–H and O–H groups in total. The van der Waals surface area contributed by atoms with E-state index in [1.165, 1.54) is 53.6 Å². The van der Waals surface area contributed by atoms with E-state index in [4.69, 9.17) is 4.74 Å². The van der Waals surface area contributed by atoms with Crippen LogP contribution in [0.1, 0.15) is 41.5 Å². The summed E-state index contributed by atoms with van der Waals surface area (Å²) >= 11 is 0. The first kappa shape index (κ1) is 16.4. The van der Waals surface area contributed by atoms with E-state index in [0.717, 1.165) is 31.7 Å². The van der Waals surface area contributed by atoms with Crippen molar-refractivity contribution in [3.63, 3.8) is 0 Å². The first-order valence-electron chi connectivity index (χ1n) is 9.49. The van der Waals surface area contributed by atoms with Gasteiger partial charge in [-0.2, -0.15) is 0 Å². The van der Waals surface area contributed by atoms with Gasteiger partial charge in [0.25, 0.3) is 0 Å². The van der Waals surface area contributed by atoms with Gasteiger partial charge >= 0.3 is 0 Å². The molecule has 0 saturated carbocycles. The molecule has 2 aromatic rings. The van der Waals surface area contributed by atoms with Crippen LogP contribution in [0.2, 0.25) is 0 Å². The Kier molecular flexibility index (Phi) is 4.89. The number of nitrogens with zero attached hydrogens (tertiary/aromatic N) is 1. The predicted octanol–water partition coefficient (Wildman–Crippen LogP) is 4.86. The van der Waals surface area contributed by atoms with E-state index >= 15 is 0 Å². The molecule has 2 heteroatoms. The fraction of sp³-hybridized carbons (Fsp3) is 0.391. The van der Waals surface area contributed by atoms with Crippen LogP contribution in [0.4, 0.5) is 0 Å². The van der Waals surface area contributed by atoms with E-state index in [1.54, 1.807) is 7.11 Å². The van der Waals surface area contributed by atoms with Gasteiger partial charge in [0.2, 0.25) is 0 Å². The summed E-state index contributed by atoms with van der Waals surface area (Å²) in [6, 6.07) is 15.4. The molecule has 130 valence electrons. The van der Waals surface area contributed by atoms with Crippen molar-refractivity contribution in [2.45, 2.75) is 38.6 Å². The Labute approximate surface area is 151 Å². The van der Waals surface area contributed by atoms with Crippen molar-refractivity contribution in [1.29, 1.82) is 0 Å². The summed E-state index contributed by atoms with van der Waals surface area (Å²) in [5.74, 6) is 1.05.